The second-order valence-corrected chi connectivity index (χ2v) is 4.08. The van der Waals surface area contributed by atoms with Crippen LogP contribution in [0.5, 0.6) is 0 Å². The van der Waals surface area contributed by atoms with E-state index in [1.165, 1.54) is 36.2 Å². The zero-order valence-corrected chi connectivity index (χ0v) is 10.7. The van der Waals surface area contributed by atoms with Gasteiger partial charge in [-0.05, 0) is 24.3 Å². The fourth-order valence-corrected chi connectivity index (χ4v) is 1.77. The number of halogens is 1. The van der Waals surface area contributed by atoms with Gasteiger partial charge in [-0.3, -0.25) is 9.69 Å². The maximum atomic E-state index is 13.3. The molecule has 0 aliphatic carbocycles. The molecule has 1 amide bonds. The van der Waals surface area contributed by atoms with Crippen molar-refractivity contribution in [2.24, 2.45) is 0 Å². The van der Waals surface area contributed by atoms with Crippen molar-refractivity contribution < 1.29 is 9.18 Å². The summed E-state index contributed by atoms with van der Waals surface area (Å²) in [5.74, 6) is -0.646. The first-order valence-corrected chi connectivity index (χ1v) is 5.75. The van der Waals surface area contributed by atoms with Crippen molar-refractivity contribution in [2.75, 3.05) is 10.6 Å². The third-order valence-electron chi connectivity index (χ3n) is 2.64. The molecule has 2 N–H and O–H groups in total. The molecule has 100 valence electrons. The Bertz CT molecular complexity index is 709. The smallest absolute Gasteiger partial charge is 0.229 e. The van der Waals surface area contributed by atoms with Gasteiger partial charge in [-0.2, -0.15) is 5.26 Å². The van der Waals surface area contributed by atoms with Gasteiger partial charge in [0.25, 0.3) is 0 Å². The van der Waals surface area contributed by atoms with E-state index in [2.05, 4.69) is 4.98 Å². The number of pyridine rings is 1. The van der Waals surface area contributed by atoms with E-state index in [-0.39, 0.29) is 11.5 Å². The number of aromatic nitrogens is 1. The Labute approximate surface area is 115 Å². The van der Waals surface area contributed by atoms with E-state index in [0.29, 0.717) is 17.2 Å². The first-order valence-electron chi connectivity index (χ1n) is 5.75. The lowest BCUT2D eigenvalue weighted by atomic mass is 10.2. The third-order valence-corrected chi connectivity index (χ3v) is 2.64. The van der Waals surface area contributed by atoms with E-state index < -0.39 is 5.82 Å². The Morgan fingerprint density at radius 3 is 2.75 bits per heavy atom. The van der Waals surface area contributed by atoms with Gasteiger partial charge in [-0.1, -0.05) is 0 Å². The fourth-order valence-electron chi connectivity index (χ4n) is 1.77. The number of anilines is 3. The lowest BCUT2D eigenvalue weighted by molar-refractivity contribution is -0.115. The number of amides is 1. The summed E-state index contributed by atoms with van der Waals surface area (Å²) >= 11 is 0. The summed E-state index contributed by atoms with van der Waals surface area (Å²) in [7, 11) is 0. The highest BCUT2D eigenvalue weighted by molar-refractivity contribution is 5.98. The fraction of sp³-hybridized carbons (Fsp3) is 0.0714. The van der Waals surface area contributed by atoms with Gasteiger partial charge in [0.15, 0.2) is 0 Å². The van der Waals surface area contributed by atoms with Gasteiger partial charge in [0, 0.05) is 24.9 Å². The van der Waals surface area contributed by atoms with E-state index in [1.807, 2.05) is 0 Å². The van der Waals surface area contributed by atoms with Crippen molar-refractivity contribution in [3.8, 4) is 6.07 Å². The molecule has 6 heteroatoms. The van der Waals surface area contributed by atoms with Gasteiger partial charge in [0.2, 0.25) is 5.91 Å². The lowest BCUT2D eigenvalue weighted by Crippen LogP contribution is -2.24. The molecular formula is C14H11FN4O. The van der Waals surface area contributed by atoms with Crippen molar-refractivity contribution in [1.29, 1.82) is 5.26 Å². The minimum Gasteiger partial charge on any atom is -0.399 e. The topological polar surface area (TPSA) is 83.0 Å². The number of hydrogen-bond donors (Lipinski definition) is 1. The number of nitrogens with two attached hydrogens (primary N) is 1. The maximum Gasteiger partial charge on any atom is 0.229 e. The Kier molecular flexibility index (Phi) is 3.62. The Hall–Kier alpha value is -2.94. The van der Waals surface area contributed by atoms with Gasteiger partial charge < -0.3 is 5.73 Å². The third kappa shape index (κ3) is 2.57. The van der Waals surface area contributed by atoms with Gasteiger partial charge in [0.1, 0.15) is 17.7 Å². The molecule has 1 aromatic carbocycles. The summed E-state index contributed by atoms with van der Waals surface area (Å²) in [5, 5.41) is 8.85. The van der Waals surface area contributed by atoms with Crippen LogP contribution in [0, 0.1) is 17.1 Å². The van der Waals surface area contributed by atoms with Crippen LogP contribution in [0.4, 0.5) is 21.6 Å². The molecule has 0 aliphatic heterocycles. The Morgan fingerprint density at radius 1 is 1.40 bits per heavy atom. The highest BCUT2D eigenvalue weighted by Crippen LogP contribution is 2.26. The second kappa shape index (κ2) is 5.36. The minimum atomic E-state index is -0.639. The van der Waals surface area contributed by atoms with Crippen LogP contribution in [-0.4, -0.2) is 10.9 Å². The molecule has 1 aromatic heterocycles. The molecule has 0 radical (unpaired) electrons. The highest BCUT2D eigenvalue weighted by Gasteiger charge is 2.17. The van der Waals surface area contributed by atoms with Crippen LogP contribution in [0.25, 0.3) is 0 Å². The van der Waals surface area contributed by atoms with Crippen molar-refractivity contribution in [2.45, 2.75) is 6.92 Å². The predicted molar refractivity (Wildman–Crippen MR) is 72.6 cm³/mol. The maximum absolute atomic E-state index is 13.3. The Morgan fingerprint density at radius 2 is 2.15 bits per heavy atom. The number of nitrogens with zero attached hydrogens (tertiary/aromatic N) is 3. The van der Waals surface area contributed by atoms with Crippen molar-refractivity contribution in [3.63, 3.8) is 0 Å². The standard InChI is InChI=1S/C14H11FN4O/c1-9(20)19(14-7-11(17)4-5-18-14)12-2-3-13(15)10(6-12)8-16/h2-7H,1H3,(H2,17,18). The summed E-state index contributed by atoms with van der Waals surface area (Å²) in [6, 6.07) is 8.68. The average Bonchev–Trinajstić information content (AvgIpc) is 2.40. The molecule has 0 bridgehead atoms. The molecule has 0 unspecified atom stereocenters. The number of rotatable bonds is 2. The van der Waals surface area contributed by atoms with Crippen LogP contribution < -0.4 is 10.6 Å². The van der Waals surface area contributed by atoms with E-state index in [0.717, 1.165) is 6.07 Å². The van der Waals surface area contributed by atoms with E-state index >= 15 is 0 Å². The van der Waals surface area contributed by atoms with Crippen LogP contribution in [0.3, 0.4) is 0 Å². The number of hydrogen-bond acceptors (Lipinski definition) is 4. The highest BCUT2D eigenvalue weighted by atomic mass is 19.1. The molecule has 1 heterocycles. The Balaban J connectivity index is 2.55. The van der Waals surface area contributed by atoms with Gasteiger partial charge in [-0.15, -0.1) is 0 Å². The largest absolute Gasteiger partial charge is 0.399 e. The van der Waals surface area contributed by atoms with Crippen molar-refractivity contribution in [1.82, 2.24) is 4.98 Å². The zero-order valence-electron chi connectivity index (χ0n) is 10.7. The number of benzene rings is 1. The normalized spacial score (nSPS) is 9.85. The van der Waals surface area contributed by atoms with E-state index in [4.69, 9.17) is 11.0 Å². The van der Waals surface area contributed by atoms with Gasteiger partial charge in [-0.25, -0.2) is 9.37 Å². The minimum absolute atomic E-state index is 0.141. The molecule has 5 nitrogen and oxygen atoms in total. The molecule has 0 atom stereocenters. The summed E-state index contributed by atoms with van der Waals surface area (Å²) < 4.78 is 13.3. The number of carbonyl (C=O) groups excluding carboxylic acids is 1. The van der Waals surface area contributed by atoms with Crippen LogP contribution in [0.1, 0.15) is 12.5 Å². The molecule has 2 aromatic rings. The molecule has 2 rings (SSSR count). The molecule has 20 heavy (non-hydrogen) atoms. The molecule has 0 fully saturated rings. The lowest BCUT2D eigenvalue weighted by Gasteiger charge is -2.20. The summed E-state index contributed by atoms with van der Waals surface area (Å²) in [5.41, 5.74) is 6.33. The molecule has 0 aliphatic rings. The molecular weight excluding hydrogens is 259 g/mol. The van der Waals surface area contributed by atoms with Crippen LogP contribution >= 0.6 is 0 Å². The van der Waals surface area contributed by atoms with Gasteiger partial charge >= 0.3 is 0 Å². The molecule has 0 saturated heterocycles. The first kappa shape index (κ1) is 13.5. The van der Waals surface area contributed by atoms with E-state index in [9.17, 15) is 9.18 Å². The first-order chi connectivity index (χ1) is 9.52. The number of nitriles is 1. The second-order valence-electron chi connectivity index (χ2n) is 4.08. The quantitative estimate of drug-likeness (QED) is 0.908. The monoisotopic (exact) mass is 270 g/mol. The van der Waals surface area contributed by atoms with Crippen molar-refractivity contribution >= 4 is 23.1 Å². The summed E-state index contributed by atoms with van der Waals surface area (Å²) in [4.78, 5) is 17.1. The van der Waals surface area contributed by atoms with Crippen molar-refractivity contribution in [3.05, 3.63) is 47.9 Å². The van der Waals surface area contributed by atoms with Crippen LogP contribution in [-0.2, 0) is 4.79 Å². The summed E-state index contributed by atoms with van der Waals surface area (Å²) in [6.07, 6.45) is 1.47. The van der Waals surface area contributed by atoms with Gasteiger partial charge in [0.05, 0.1) is 11.3 Å². The zero-order chi connectivity index (χ0) is 14.7. The SMILES string of the molecule is CC(=O)N(c1ccc(F)c(C#N)c1)c1cc(N)ccn1. The predicted octanol–water partition coefficient (Wildman–Crippen LogP) is 2.36. The number of carbonyl (C=O) groups is 1. The number of nitrogen functional groups attached to an aromatic ring is 1. The van der Waals surface area contributed by atoms with Crippen LogP contribution in [0.2, 0.25) is 0 Å². The van der Waals surface area contributed by atoms with Crippen LogP contribution in [0.15, 0.2) is 36.5 Å². The summed E-state index contributed by atoms with van der Waals surface area (Å²) in [6.45, 7) is 1.35. The molecule has 0 spiro atoms. The van der Waals surface area contributed by atoms with E-state index in [1.54, 1.807) is 12.1 Å². The molecule has 0 saturated carbocycles. The average molecular weight is 270 g/mol.